The van der Waals surface area contributed by atoms with Crippen molar-refractivity contribution in [1.29, 1.82) is 0 Å². The van der Waals surface area contributed by atoms with Crippen molar-refractivity contribution in [2.45, 2.75) is 6.92 Å². The van der Waals surface area contributed by atoms with Gasteiger partial charge in [-0.15, -0.1) is 0 Å². The highest BCUT2D eigenvalue weighted by Crippen LogP contribution is 2.16. The maximum atomic E-state index is 12.1. The predicted molar refractivity (Wildman–Crippen MR) is 115 cm³/mol. The number of amides is 1. The second kappa shape index (κ2) is 8.86. The molecule has 0 heterocycles. The minimum Gasteiger partial charge on any atom is -0.423 e. The van der Waals surface area contributed by atoms with Gasteiger partial charge in [-0.25, -0.2) is 4.79 Å². The number of rotatable bonds is 5. The predicted octanol–water partition coefficient (Wildman–Crippen LogP) is 3.12. The largest absolute Gasteiger partial charge is 0.423 e. The topological polar surface area (TPSA) is 55.4 Å². The first-order valence-corrected chi connectivity index (χ1v) is 8.94. The van der Waals surface area contributed by atoms with E-state index < -0.39 is 5.97 Å². The standard InChI is InChI=1S/C23H20BNO3/c1-16-2-7-18(8-3-16)23(27)28-21-13-4-17(5-14-21)6-15-22(26)25-20-11-9-19(24)10-12-20/h2-15H,24H2,1H3,(H,25,26)/b15-6+. The van der Waals surface area contributed by atoms with Gasteiger partial charge in [0.15, 0.2) is 0 Å². The molecule has 0 unspecified atom stereocenters. The molecule has 138 valence electrons. The number of hydrogen-bond donors (Lipinski definition) is 1. The molecule has 0 atom stereocenters. The van der Waals surface area contributed by atoms with Crippen LogP contribution in [-0.4, -0.2) is 19.7 Å². The Labute approximate surface area is 165 Å². The normalized spacial score (nSPS) is 10.6. The van der Waals surface area contributed by atoms with Gasteiger partial charge < -0.3 is 10.1 Å². The Morgan fingerprint density at radius 1 is 0.893 bits per heavy atom. The number of esters is 1. The fourth-order valence-corrected chi connectivity index (χ4v) is 2.50. The second-order valence-electron chi connectivity index (χ2n) is 6.51. The summed E-state index contributed by atoms with van der Waals surface area (Å²) in [5.74, 6) is -0.161. The minimum atomic E-state index is -0.402. The molecule has 1 N–H and O–H groups in total. The van der Waals surface area contributed by atoms with Gasteiger partial charge in [-0.3, -0.25) is 4.79 Å². The summed E-state index contributed by atoms with van der Waals surface area (Å²) >= 11 is 0. The summed E-state index contributed by atoms with van der Waals surface area (Å²) in [4.78, 5) is 24.1. The van der Waals surface area contributed by atoms with Crippen LogP contribution < -0.4 is 15.5 Å². The molecule has 0 aromatic heterocycles. The zero-order valence-corrected chi connectivity index (χ0v) is 15.8. The van der Waals surface area contributed by atoms with E-state index in [4.69, 9.17) is 4.74 Å². The lowest BCUT2D eigenvalue weighted by atomic mass is 9.96. The molecule has 0 spiro atoms. The van der Waals surface area contributed by atoms with Gasteiger partial charge >= 0.3 is 5.97 Å². The van der Waals surface area contributed by atoms with Crippen molar-refractivity contribution in [3.05, 3.63) is 95.6 Å². The summed E-state index contributed by atoms with van der Waals surface area (Å²) in [6, 6.07) is 21.8. The van der Waals surface area contributed by atoms with E-state index in [1.54, 1.807) is 42.5 Å². The third kappa shape index (κ3) is 5.45. The molecule has 3 aromatic rings. The van der Waals surface area contributed by atoms with Crippen LogP contribution in [0.15, 0.2) is 78.9 Å². The molecule has 4 nitrogen and oxygen atoms in total. The number of carbonyl (C=O) groups is 2. The number of carbonyl (C=O) groups excluding carboxylic acids is 2. The average Bonchev–Trinajstić information content (AvgIpc) is 2.70. The fourth-order valence-electron chi connectivity index (χ4n) is 2.50. The summed E-state index contributed by atoms with van der Waals surface area (Å²) in [7, 11) is 1.99. The molecule has 5 heteroatoms. The first-order valence-electron chi connectivity index (χ1n) is 8.94. The van der Waals surface area contributed by atoms with Crippen LogP contribution in [0.4, 0.5) is 5.69 Å². The lowest BCUT2D eigenvalue weighted by Crippen LogP contribution is -2.09. The van der Waals surface area contributed by atoms with E-state index in [-0.39, 0.29) is 5.91 Å². The smallest absolute Gasteiger partial charge is 0.343 e. The molecule has 0 saturated carbocycles. The van der Waals surface area contributed by atoms with Gasteiger partial charge in [0.2, 0.25) is 5.91 Å². The summed E-state index contributed by atoms with van der Waals surface area (Å²) in [5, 5.41) is 2.80. The summed E-state index contributed by atoms with van der Waals surface area (Å²) in [6.45, 7) is 1.96. The number of nitrogens with one attached hydrogen (secondary N) is 1. The van der Waals surface area contributed by atoms with Crippen LogP contribution in [0.5, 0.6) is 5.75 Å². The Morgan fingerprint density at radius 3 is 2.18 bits per heavy atom. The highest BCUT2D eigenvalue weighted by molar-refractivity contribution is 6.32. The van der Waals surface area contributed by atoms with Gasteiger partial charge in [0.1, 0.15) is 13.6 Å². The lowest BCUT2D eigenvalue weighted by Gasteiger charge is -2.05. The Bertz CT molecular complexity index is 992. The summed E-state index contributed by atoms with van der Waals surface area (Å²) in [6.07, 6.45) is 3.17. The van der Waals surface area contributed by atoms with Gasteiger partial charge in [-0.1, -0.05) is 47.4 Å². The van der Waals surface area contributed by atoms with E-state index in [0.29, 0.717) is 11.3 Å². The molecule has 0 saturated heterocycles. The Balaban J connectivity index is 1.56. The maximum absolute atomic E-state index is 12.1. The van der Waals surface area contributed by atoms with Crippen molar-refractivity contribution in [2.75, 3.05) is 5.32 Å². The number of benzene rings is 3. The monoisotopic (exact) mass is 369 g/mol. The van der Waals surface area contributed by atoms with Crippen LogP contribution in [0, 0.1) is 6.92 Å². The summed E-state index contributed by atoms with van der Waals surface area (Å²) < 4.78 is 5.37. The minimum absolute atomic E-state index is 0.210. The molecular formula is C23H20BNO3. The lowest BCUT2D eigenvalue weighted by molar-refractivity contribution is -0.111. The van der Waals surface area contributed by atoms with Crippen LogP contribution >= 0.6 is 0 Å². The number of ether oxygens (including phenoxy) is 1. The molecule has 0 aliphatic heterocycles. The van der Waals surface area contributed by atoms with E-state index in [1.807, 2.05) is 51.2 Å². The van der Waals surface area contributed by atoms with E-state index in [2.05, 4.69) is 5.32 Å². The zero-order chi connectivity index (χ0) is 19.9. The van der Waals surface area contributed by atoms with Crippen molar-refractivity contribution in [3.63, 3.8) is 0 Å². The van der Waals surface area contributed by atoms with Gasteiger partial charge in [-0.05, 0) is 55.0 Å². The van der Waals surface area contributed by atoms with E-state index in [1.165, 1.54) is 6.08 Å². The third-order valence-electron chi connectivity index (χ3n) is 4.12. The molecule has 28 heavy (non-hydrogen) atoms. The molecule has 0 aliphatic carbocycles. The molecule has 3 aromatic carbocycles. The van der Waals surface area contributed by atoms with Gasteiger partial charge in [0.05, 0.1) is 5.56 Å². The number of hydrogen-bond acceptors (Lipinski definition) is 3. The molecule has 0 bridgehead atoms. The molecule has 3 rings (SSSR count). The third-order valence-corrected chi connectivity index (χ3v) is 4.12. The van der Waals surface area contributed by atoms with Gasteiger partial charge in [-0.2, -0.15) is 0 Å². The van der Waals surface area contributed by atoms with E-state index in [9.17, 15) is 9.59 Å². The van der Waals surface area contributed by atoms with Crippen LogP contribution in [0.3, 0.4) is 0 Å². The van der Waals surface area contributed by atoms with Crippen LogP contribution in [0.1, 0.15) is 21.5 Å². The van der Waals surface area contributed by atoms with Crippen molar-refractivity contribution in [2.24, 2.45) is 0 Å². The zero-order valence-electron chi connectivity index (χ0n) is 15.8. The second-order valence-corrected chi connectivity index (χ2v) is 6.51. The van der Waals surface area contributed by atoms with Crippen molar-refractivity contribution in [3.8, 4) is 5.75 Å². The van der Waals surface area contributed by atoms with Crippen LogP contribution in [0.25, 0.3) is 6.08 Å². The highest BCUT2D eigenvalue weighted by atomic mass is 16.5. The quantitative estimate of drug-likeness (QED) is 0.325. The van der Waals surface area contributed by atoms with Gasteiger partial charge in [0.25, 0.3) is 0 Å². The van der Waals surface area contributed by atoms with Crippen LogP contribution in [-0.2, 0) is 4.79 Å². The van der Waals surface area contributed by atoms with Crippen molar-refractivity contribution < 1.29 is 14.3 Å². The Kier molecular flexibility index (Phi) is 6.07. The van der Waals surface area contributed by atoms with E-state index >= 15 is 0 Å². The molecule has 0 fully saturated rings. The summed E-state index contributed by atoms with van der Waals surface area (Å²) in [5.41, 5.74) is 4.30. The molecule has 1 amide bonds. The average molecular weight is 369 g/mol. The van der Waals surface area contributed by atoms with Crippen molar-refractivity contribution in [1.82, 2.24) is 0 Å². The highest BCUT2D eigenvalue weighted by Gasteiger charge is 2.08. The SMILES string of the molecule is Bc1ccc(NC(=O)/C=C/c2ccc(OC(=O)c3ccc(C)cc3)cc2)cc1. The van der Waals surface area contributed by atoms with Crippen LogP contribution in [0.2, 0.25) is 0 Å². The van der Waals surface area contributed by atoms with Gasteiger partial charge in [0, 0.05) is 11.8 Å². The molecule has 0 radical (unpaired) electrons. The molecular weight excluding hydrogens is 349 g/mol. The Morgan fingerprint density at radius 2 is 1.54 bits per heavy atom. The Hall–Kier alpha value is -3.60. The first-order chi connectivity index (χ1) is 13.5. The van der Waals surface area contributed by atoms with Crippen molar-refractivity contribution >= 4 is 36.9 Å². The fraction of sp³-hybridized carbons (Fsp3) is 0.0435. The molecule has 0 aliphatic rings. The first kappa shape index (κ1) is 19.2. The van der Waals surface area contributed by atoms with E-state index in [0.717, 1.165) is 22.3 Å². The number of anilines is 1. The number of aryl methyl sites for hydroxylation is 1. The maximum Gasteiger partial charge on any atom is 0.343 e.